The van der Waals surface area contributed by atoms with E-state index in [0.717, 1.165) is 11.3 Å². The average molecular weight is 304 g/mol. The molecule has 3 aromatic rings. The van der Waals surface area contributed by atoms with Crippen LogP contribution >= 0.6 is 11.3 Å². The summed E-state index contributed by atoms with van der Waals surface area (Å²) >= 11 is 1.74. The van der Waals surface area contributed by atoms with E-state index in [1.54, 1.807) is 11.3 Å². The van der Waals surface area contributed by atoms with Crippen LogP contribution in [0.25, 0.3) is 11.8 Å². The second kappa shape index (κ2) is 5.15. The molecule has 1 aromatic heterocycles. The van der Waals surface area contributed by atoms with Gasteiger partial charge in [-0.3, -0.25) is 0 Å². The summed E-state index contributed by atoms with van der Waals surface area (Å²) in [6.45, 7) is 2.16. The van der Waals surface area contributed by atoms with Crippen LogP contribution in [0.5, 0.6) is 0 Å². The third-order valence-electron chi connectivity index (χ3n) is 4.11. The molecule has 0 amide bonds. The lowest BCUT2D eigenvalue weighted by atomic mass is 9.92. The summed E-state index contributed by atoms with van der Waals surface area (Å²) in [5.41, 5.74) is 3.18. The van der Waals surface area contributed by atoms with Crippen LogP contribution in [0.4, 0.5) is 0 Å². The fraction of sp³-hybridized carbons (Fsp3) is 0.100. The van der Waals surface area contributed by atoms with Crippen LogP contribution in [0.15, 0.2) is 72.1 Å². The van der Waals surface area contributed by atoms with Crippen molar-refractivity contribution in [2.45, 2.75) is 12.5 Å². The van der Waals surface area contributed by atoms with E-state index >= 15 is 0 Å². The highest BCUT2D eigenvalue weighted by atomic mass is 32.1. The van der Waals surface area contributed by atoms with Crippen LogP contribution < -0.4 is 0 Å². The molecule has 1 unspecified atom stereocenters. The minimum absolute atomic E-state index is 0.397. The Morgan fingerprint density at radius 3 is 2.45 bits per heavy atom. The van der Waals surface area contributed by atoms with Gasteiger partial charge in [-0.2, -0.15) is 0 Å². The van der Waals surface area contributed by atoms with Crippen molar-refractivity contribution < 1.29 is 4.74 Å². The van der Waals surface area contributed by atoms with E-state index in [4.69, 9.17) is 4.74 Å². The zero-order chi connectivity index (χ0) is 15.0. The standard InChI is InChI=1S/C20H16OS/c1-20(19-12-7-13-22-19)17-11-6-5-10-16(17)18(21-20)14-15-8-3-2-4-9-15/h2-14H,1H3/b18-14+. The Morgan fingerprint density at radius 1 is 0.909 bits per heavy atom. The molecule has 0 bridgehead atoms. The highest BCUT2D eigenvalue weighted by Gasteiger charge is 2.41. The van der Waals surface area contributed by atoms with Crippen LogP contribution in [0, 0.1) is 0 Å². The van der Waals surface area contributed by atoms with Gasteiger partial charge in [0.15, 0.2) is 5.60 Å². The van der Waals surface area contributed by atoms with E-state index in [0.29, 0.717) is 0 Å². The molecule has 0 fully saturated rings. The summed E-state index contributed by atoms with van der Waals surface area (Å²) in [6.07, 6.45) is 2.12. The van der Waals surface area contributed by atoms with Crippen molar-refractivity contribution >= 4 is 23.2 Å². The van der Waals surface area contributed by atoms with E-state index in [-0.39, 0.29) is 0 Å². The van der Waals surface area contributed by atoms with Crippen LogP contribution in [-0.4, -0.2) is 0 Å². The summed E-state index contributed by atoms with van der Waals surface area (Å²) in [7, 11) is 0. The van der Waals surface area contributed by atoms with Gasteiger partial charge in [0.2, 0.25) is 0 Å². The fourth-order valence-corrected chi connectivity index (χ4v) is 3.82. The second-order valence-corrected chi connectivity index (χ2v) is 6.53. The molecule has 1 nitrogen and oxygen atoms in total. The van der Waals surface area contributed by atoms with Gasteiger partial charge in [-0.05, 0) is 30.0 Å². The molecule has 0 spiro atoms. The largest absolute Gasteiger partial charge is 0.477 e. The monoisotopic (exact) mass is 304 g/mol. The first kappa shape index (κ1) is 13.4. The molecular weight excluding hydrogens is 288 g/mol. The first-order valence-corrected chi connectivity index (χ1v) is 8.25. The quantitative estimate of drug-likeness (QED) is 0.604. The number of hydrogen-bond donors (Lipinski definition) is 0. The molecule has 2 heteroatoms. The van der Waals surface area contributed by atoms with Crippen molar-refractivity contribution in [3.63, 3.8) is 0 Å². The molecule has 1 aliphatic heterocycles. The van der Waals surface area contributed by atoms with E-state index in [1.807, 2.05) is 18.2 Å². The molecule has 0 aliphatic carbocycles. The summed E-state index contributed by atoms with van der Waals surface area (Å²) in [4.78, 5) is 1.23. The smallest absolute Gasteiger partial charge is 0.166 e. The molecular formula is C20H16OS. The minimum atomic E-state index is -0.397. The highest BCUT2D eigenvalue weighted by Crippen LogP contribution is 2.48. The lowest BCUT2D eigenvalue weighted by molar-refractivity contribution is 0.121. The van der Waals surface area contributed by atoms with E-state index in [1.165, 1.54) is 16.0 Å². The Kier molecular flexibility index (Phi) is 3.12. The topological polar surface area (TPSA) is 9.23 Å². The number of ether oxygens (including phenoxy) is 1. The van der Waals surface area contributed by atoms with Crippen molar-refractivity contribution in [3.8, 4) is 0 Å². The number of benzene rings is 2. The normalized spacial score (nSPS) is 21.6. The molecule has 4 rings (SSSR count). The SMILES string of the molecule is CC1(c2cccs2)O/C(=C/c2ccccc2)c2ccccc21. The Bertz CT molecular complexity index is 818. The molecule has 2 heterocycles. The Labute approximate surface area is 134 Å². The lowest BCUT2D eigenvalue weighted by Crippen LogP contribution is -2.20. The zero-order valence-electron chi connectivity index (χ0n) is 12.3. The molecule has 1 aliphatic rings. The number of hydrogen-bond acceptors (Lipinski definition) is 2. The van der Waals surface area contributed by atoms with Crippen molar-refractivity contribution in [2.24, 2.45) is 0 Å². The van der Waals surface area contributed by atoms with Crippen molar-refractivity contribution in [1.29, 1.82) is 0 Å². The highest BCUT2D eigenvalue weighted by molar-refractivity contribution is 7.10. The average Bonchev–Trinajstić information content (AvgIpc) is 3.18. The van der Waals surface area contributed by atoms with Gasteiger partial charge in [-0.1, -0.05) is 60.7 Å². The fourth-order valence-electron chi connectivity index (χ4n) is 2.98. The summed E-state index contributed by atoms with van der Waals surface area (Å²) < 4.78 is 6.44. The van der Waals surface area contributed by atoms with Crippen molar-refractivity contribution in [2.75, 3.05) is 0 Å². The third-order valence-corrected chi connectivity index (χ3v) is 5.18. The van der Waals surface area contributed by atoms with Gasteiger partial charge in [0.05, 0.1) is 4.88 Å². The van der Waals surface area contributed by atoms with Gasteiger partial charge >= 0.3 is 0 Å². The maximum Gasteiger partial charge on any atom is 0.166 e. The molecule has 0 saturated carbocycles. The van der Waals surface area contributed by atoms with Gasteiger partial charge in [-0.25, -0.2) is 0 Å². The van der Waals surface area contributed by atoms with Gasteiger partial charge in [-0.15, -0.1) is 11.3 Å². The molecule has 1 atom stereocenters. The van der Waals surface area contributed by atoms with Crippen molar-refractivity contribution in [3.05, 3.63) is 93.7 Å². The van der Waals surface area contributed by atoms with Crippen molar-refractivity contribution in [1.82, 2.24) is 0 Å². The maximum absolute atomic E-state index is 6.44. The third kappa shape index (κ3) is 2.08. The number of rotatable bonds is 2. The molecule has 0 saturated heterocycles. The lowest BCUT2D eigenvalue weighted by Gasteiger charge is -2.23. The predicted octanol–water partition coefficient (Wildman–Crippen LogP) is 5.54. The minimum Gasteiger partial charge on any atom is -0.477 e. The number of fused-ring (bicyclic) bond motifs is 1. The van der Waals surface area contributed by atoms with Crippen LogP contribution in [0.2, 0.25) is 0 Å². The zero-order valence-corrected chi connectivity index (χ0v) is 13.1. The summed E-state index contributed by atoms with van der Waals surface area (Å²) in [5.74, 6) is 0.942. The Hall–Kier alpha value is -2.32. The second-order valence-electron chi connectivity index (χ2n) is 5.58. The molecule has 0 N–H and O–H groups in total. The molecule has 22 heavy (non-hydrogen) atoms. The van der Waals surface area contributed by atoms with Gasteiger partial charge in [0, 0.05) is 11.1 Å². The van der Waals surface area contributed by atoms with Gasteiger partial charge in [0.1, 0.15) is 5.76 Å². The Balaban J connectivity index is 1.86. The summed E-state index contributed by atoms with van der Waals surface area (Å²) in [5, 5.41) is 2.10. The maximum atomic E-state index is 6.44. The van der Waals surface area contributed by atoms with E-state index in [9.17, 15) is 0 Å². The van der Waals surface area contributed by atoms with Crippen LogP contribution in [0.1, 0.15) is 28.5 Å². The first-order chi connectivity index (χ1) is 10.8. The molecule has 108 valence electrons. The van der Waals surface area contributed by atoms with Gasteiger partial charge in [0.25, 0.3) is 0 Å². The molecule has 0 radical (unpaired) electrons. The molecule has 2 aromatic carbocycles. The Morgan fingerprint density at radius 2 is 1.68 bits per heavy atom. The van der Waals surface area contributed by atoms with Crippen LogP contribution in [-0.2, 0) is 10.3 Å². The van der Waals surface area contributed by atoms with Gasteiger partial charge < -0.3 is 4.74 Å². The van der Waals surface area contributed by atoms with Crippen LogP contribution in [0.3, 0.4) is 0 Å². The van der Waals surface area contributed by atoms with E-state index < -0.39 is 5.60 Å². The van der Waals surface area contributed by atoms with E-state index in [2.05, 4.69) is 66.9 Å². The predicted molar refractivity (Wildman–Crippen MR) is 92.6 cm³/mol. The summed E-state index contributed by atoms with van der Waals surface area (Å²) in [6, 6.07) is 23.0. The first-order valence-electron chi connectivity index (χ1n) is 7.37. The number of thiophene rings is 1.